The number of carbonyl (C=O) groups is 1. The molecule has 0 saturated heterocycles. The minimum atomic E-state index is -0.767. The fourth-order valence-electron chi connectivity index (χ4n) is 1.72. The average molecular weight is 291 g/mol. The summed E-state index contributed by atoms with van der Waals surface area (Å²) in [6, 6.07) is 9.43. The first-order valence-corrected chi connectivity index (χ1v) is 6.59. The topological polar surface area (TPSA) is 38.3 Å². The van der Waals surface area contributed by atoms with Gasteiger partial charge in [0.2, 0.25) is 0 Å². The van der Waals surface area contributed by atoms with Gasteiger partial charge in [0, 0.05) is 5.69 Å². The van der Waals surface area contributed by atoms with Crippen molar-refractivity contribution in [3.8, 4) is 5.75 Å². The molecule has 5 heteroatoms. The van der Waals surface area contributed by atoms with Crippen molar-refractivity contribution in [3.63, 3.8) is 0 Å². The summed E-state index contributed by atoms with van der Waals surface area (Å²) in [5.41, 5.74) is 0.147. The van der Waals surface area contributed by atoms with Crippen molar-refractivity contribution in [3.05, 3.63) is 59.7 Å². The Morgan fingerprint density at radius 3 is 2.52 bits per heavy atom. The largest absolute Gasteiger partial charge is 0.494 e. The summed E-state index contributed by atoms with van der Waals surface area (Å²) in [5, 5.41) is 2.51. The SMILES string of the molecule is CCCOc1ccc(NC(=O)c2cc(F)ccc2F)cc1. The van der Waals surface area contributed by atoms with Crippen molar-refractivity contribution in [2.24, 2.45) is 0 Å². The van der Waals surface area contributed by atoms with Crippen LogP contribution in [-0.4, -0.2) is 12.5 Å². The van der Waals surface area contributed by atoms with Gasteiger partial charge in [0.05, 0.1) is 12.2 Å². The Morgan fingerprint density at radius 1 is 1.14 bits per heavy atom. The van der Waals surface area contributed by atoms with Gasteiger partial charge >= 0.3 is 0 Å². The maximum atomic E-state index is 13.5. The van der Waals surface area contributed by atoms with Gasteiger partial charge in [0.25, 0.3) is 5.91 Å². The van der Waals surface area contributed by atoms with Gasteiger partial charge in [-0.1, -0.05) is 6.92 Å². The minimum Gasteiger partial charge on any atom is -0.494 e. The second-order valence-electron chi connectivity index (χ2n) is 4.45. The molecule has 0 bridgehead atoms. The standard InChI is InChI=1S/C16H15F2NO2/c1-2-9-21-13-6-4-12(5-7-13)19-16(20)14-10-11(17)3-8-15(14)18/h3-8,10H,2,9H2,1H3,(H,19,20). The number of hydrogen-bond donors (Lipinski definition) is 1. The predicted molar refractivity (Wildman–Crippen MR) is 76.5 cm³/mol. The molecule has 0 aliphatic rings. The Bertz CT molecular complexity index is 627. The molecule has 2 aromatic rings. The zero-order chi connectivity index (χ0) is 15.2. The van der Waals surface area contributed by atoms with Gasteiger partial charge in [0.15, 0.2) is 0 Å². The van der Waals surface area contributed by atoms with E-state index < -0.39 is 17.5 Å². The summed E-state index contributed by atoms with van der Waals surface area (Å²) in [6.07, 6.45) is 0.900. The first kappa shape index (κ1) is 15.0. The minimum absolute atomic E-state index is 0.332. The summed E-state index contributed by atoms with van der Waals surface area (Å²) in [4.78, 5) is 11.9. The van der Waals surface area contributed by atoms with E-state index in [-0.39, 0.29) is 5.56 Å². The van der Waals surface area contributed by atoms with E-state index in [1.807, 2.05) is 6.92 Å². The van der Waals surface area contributed by atoms with E-state index in [4.69, 9.17) is 4.74 Å². The Kier molecular flexibility index (Phi) is 4.87. The number of ether oxygens (including phenoxy) is 1. The number of benzene rings is 2. The molecular formula is C16H15F2NO2. The molecule has 21 heavy (non-hydrogen) atoms. The van der Waals surface area contributed by atoms with Crippen LogP contribution in [0.25, 0.3) is 0 Å². The average Bonchev–Trinajstić information content (AvgIpc) is 2.49. The fraction of sp³-hybridized carbons (Fsp3) is 0.188. The molecule has 0 spiro atoms. The lowest BCUT2D eigenvalue weighted by Crippen LogP contribution is -2.14. The van der Waals surface area contributed by atoms with E-state index in [1.165, 1.54) is 0 Å². The van der Waals surface area contributed by atoms with E-state index in [2.05, 4.69) is 5.32 Å². The molecule has 0 aromatic heterocycles. The zero-order valence-corrected chi connectivity index (χ0v) is 11.5. The summed E-state index contributed by atoms with van der Waals surface area (Å²) in [6.45, 7) is 2.61. The van der Waals surface area contributed by atoms with Crippen LogP contribution in [0.3, 0.4) is 0 Å². The maximum absolute atomic E-state index is 13.5. The second kappa shape index (κ2) is 6.83. The number of anilines is 1. The molecule has 0 radical (unpaired) electrons. The number of halogens is 2. The third-order valence-electron chi connectivity index (χ3n) is 2.76. The molecule has 0 saturated carbocycles. The van der Waals surface area contributed by atoms with Gasteiger partial charge in [-0.25, -0.2) is 8.78 Å². The maximum Gasteiger partial charge on any atom is 0.258 e. The summed E-state index contributed by atoms with van der Waals surface area (Å²) in [5.74, 6) is -1.44. The highest BCUT2D eigenvalue weighted by Gasteiger charge is 2.13. The first-order valence-electron chi connectivity index (χ1n) is 6.59. The number of hydrogen-bond acceptors (Lipinski definition) is 2. The van der Waals surface area contributed by atoms with Crippen LogP contribution in [0.4, 0.5) is 14.5 Å². The highest BCUT2D eigenvalue weighted by molar-refractivity contribution is 6.04. The van der Waals surface area contributed by atoms with E-state index in [9.17, 15) is 13.6 Å². The molecule has 0 unspecified atom stereocenters. The van der Waals surface area contributed by atoms with Crippen LogP contribution in [0, 0.1) is 11.6 Å². The molecular weight excluding hydrogens is 276 g/mol. The van der Waals surface area contributed by atoms with Gasteiger partial charge in [0.1, 0.15) is 17.4 Å². The summed E-state index contributed by atoms with van der Waals surface area (Å²) >= 11 is 0. The highest BCUT2D eigenvalue weighted by Crippen LogP contribution is 2.17. The second-order valence-corrected chi connectivity index (χ2v) is 4.45. The van der Waals surface area contributed by atoms with Crippen molar-refractivity contribution in [1.29, 1.82) is 0 Å². The van der Waals surface area contributed by atoms with Crippen molar-refractivity contribution in [1.82, 2.24) is 0 Å². The lowest BCUT2D eigenvalue weighted by molar-refractivity contribution is 0.102. The number of rotatable bonds is 5. The quantitative estimate of drug-likeness (QED) is 0.904. The molecule has 1 N–H and O–H groups in total. The third-order valence-corrected chi connectivity index (χ3v) is 2.76. The van der Waals surface area contributed by atoms with Crippen molar-refractivity contribution < 1.29 is 18.3 Å². The monoisotopic (exact) mass is 291 g/mol. The van der Waals surface area contributed by atoms with Crippen molar-refractivity contribution >= 4 is 11.6 Å². The van der Waals surface area contributed by atoms with Crippen molar-refractivity contribution in [2.75, 3.05) is 11.9 Å². The molecule has 1 amide bonds. The Balaban J connectivity index is 2.07. The van der Waals surface area contributed by atoms with Gasteiger partial charge in [-0.15, -0.1) is 0 Å². The van der Waals surface area contributed by atoms with E-state index in [1.54, 1.807) is 24.3 Å². The van der Waals surface area contributed by atoms with E-state index in [0.29, 0.717) is 18.0 Å². The van der Waals surface area contributed by atoms with Crippen molar-refractivity contribution in [2.45, 2.75) is 13.3 Å². The van der Waals surface area contributed by atoms with E-state index in [0.717, 1.165) is 24.6 Å². The molecule has 2 rings (SSSR count). The van der Waals surface area contributed by atoms with Crippen LogP contribution in [0.2, 0.25) is 0 Å². The van der Waals surface area contributed by atoms with Gasteiger partial charge < -0.3 is 10.1 Å². The first-order chi connectivity index (χ1) is 10.1. The molecule has 0 heterocycles. The van der Waals surface area contributed by atoms with E-state index >= 15 is 0 Å². The van der Waals surface area contributed by atoms with Crippen LogP contribution in [0.5, 0.6) is 5.75 Å². The molecule has 0 atom stereocenters. The molecule has 2 aromatic carbocycles. The molecule has 0 aliphatic heterocycles. The number of carbonyl (C=O) groups excluding carboxylic acids is 1. The molecule has 0 fully saturated rings. The Labute approximate surface area is 121 Å². The Morgan fingerprint density at radius 2 is 1.86 bits per heavy atom. The summed E-state index contributed by atoms with van der Waals surface area (Å²) < 4.78 is 31.9. The lowest BCUT2D eigenvalue weighted by Gasteiger charge is -2.08. The predicted octanol–water partition coefficient (Wildman–Crippen LogP) is 4.01. The number of nitrogens with one attached hydrogen (secondary N) is 1. The van der Waals surface area contributed by atoms with Crippen LogP contribution in [0.1, 0.15) is 23.7 Å². The third kappa shape index (κ3) is 4.02. The van der Waals surface area contributed by atoms with Crippen LogP contribution >= 0.6 is 0 Å². The highest BCUT2D eigenvalue weighted by atomic mass is 19.1. The van der Waals surface area contributed by atoms with Crippen LogP contribution in [-0.2, 0) is 0 Å². The molecule has 3 nitrogen and oxygen atoms in total. The van der Waals surface area contributed by atoms with Crippen LogP contribution in [0.15, 0.2) is 42.5 Å². The van der Waals surface area contributed by atoms with Gasteiger partial charge in [-0.05, 0) is 48.9 Å². The smallest absolute Gasteiger partial charge is 0.258 e. The molecule has 0 aliphatic carbocycles. The normalized spacial score (nSPS) is 10.2. The van der Waals surface area contributed by atoms with Gasteiger partial charge in [-0.2, -0.15) is 0 Å². The number of amides is 1. The lowest BCUT2D eigenvalue weighted by atomic mass is 10.2. The fourth-order valence-corrected chi connectivity index (χ4v) is 1.72. The summed E-state index contributed by atoms with van der Waals surface area (Å²) in [7, 11) is 0. The zero-order valence-electron chi connectivity index (χ0n) is 11.5. The van der Waals surface area contributed by atoms with Gasteiger partial charge in [-0.3, -0.25) is 4.79 Å². The van der Waals surface area contributed by atoms with Crippen LogP contribution < -0.4 is 10.1 Å². The molecule has 110 valence electrons. The Hall–Kier alpha value is -2.43.